The molecule has 2 aromatic rings. The minimum Gasteiger partial charge on any atom is -0.355 e. The van der Waals surface area contributed by atoms with Crippen molar-refractivity contribution < 1.29 is 9.59 Å². The second-order valence-corrected chi connectivity index (χ2v) is 6.07. The lowest BCUT2D eigenvalue weighted by Crippen LogP contribution is -2.46. The van der Waals surface area contributed by atoms with Crippen LogP contribution in [0.4, 0.5) is 0 Å². The van der Waals surface area contributed by atoms with E-state index in [1.807, 2.05) is 24.3 Å². The number of rotatable bonds is 7. The van der Waals surface area contributed by atoms with Crippen LogP contribution in [-0.4, -0.2) is 72.7 Å². The predicted molar refractivity (Wildman–Crippen MR) is 95.4 cm³/mol. The molecule has 0 aliphatic carbocycles. The number of nitrogens with zero attached hydrogens (tertiary/aromatic N) is 2. The molecular formula is C17H24N6O2. The molecule has 1 saturated heterocycles. The smallest absolute Gasteiger partial charge is 0.272 e. The summed E-state index contributed by atoms with van der Waals surface area (Å²) >= 11 is 0. The standard InChI is InChI=1S/C17H24N6O2/c24-15(19-9-12-23-10-7-18-8-11-23)5-6-20-17(25)16-13-3-1-2-4-14(13)21-22-16/h1-4,18H,5-12H2,(H,19,24)(H,20,25)(H,21,22). The van der Waals surface area contributed by atoms with Gasteiger partial charge in [-0.15, -0.1) is 0 Å². The van der Waals surface area contributed by atoms with Crippen LogP contribution in [0.25, 0.3) is 10.9 Å². The molecule has 2 amide bonds. The summed E-state index contributed by atoms with van der Waals surface area (Å²) in [7, 11) is 0. The van der Waals surface area contributed by atoms with E-state index in [0.29, 0.717) is 18.8 Å². The normalized spacial score (nSPS) is 15.2. The van der Waals surface area contributed by atoms with Gasteiger partial charge in [-0.2, -0.15) is 5.10 Å². The second-order valence-electron chi connectivity index (χ2n) is 6.07. The van der Waals surface area contributed by atoms with Gasteiger partial charge in [0, 0.05) is 57.6 Å². The molecule has 8 heteroatoms. The van der Waals surface area contributed by atoms with Crippen molar-refractivity contribution in [3.8, 4) is 0 Å². The summed E-state index contributed by atoms with van der Waals surface area (Å²) in [5.74, 6) is -0.326. The number of para-hydroxylation sites is 1. The molecule has 1 aromatic heterocycles. The molecule has 25 heavy (non-hydrogen) atoms. The number of hydrogen-bond acceptors (Lipinski definition) is 5. The highest BCUT2D eigenvalue weighted by molar-refractivity contribution is 6.04. The van der Waals surface area contributed by atoms with Crippen LogP contribution >= 0.6 is 0 Å². The first-order chi connectivity index (χ1) is 12.2. The van der Waals surface area contributed by atoms with Crippen molar-refractivity contribution in [1.82, 2.24) is 31.0 Å². The lowest BCUT2D eigenvalue weighted by atomic mass is 10.2. The summed E-state index contributed by atoms with van der Waals surface area (Å²) in [6.07, 6.45) is 0.260. The van der Waals surface area contributed by atoms with Crippen LogP contribution in [0.3, 0.4) is 0 Å². The number of carbonyl (C=O) groups is 2. The number of fused-ring (bicyclic) bond motifs is 1. The number of aromatic amines is 1. The molecule has 2 heterocycles. The van der Waals surface area contributed by atoms with E-state index >= 15 is 0 Å². The molecule has 1 aromatic carbocycles. The Kier molecular flexibility index (Phi) is 5.97. The zero-order valence-corrected chi connectivity index (χ0v) is 14.2. The van der Waals surface area contributed by atoms with Gasteiger partial charge in [0.25, 0.3) is 5.91 Å². The molecule has 0 unspecified atom stereocenters. The van der Waals surface area contributed by atoms with Crippen molar-refractivity contribution in [3.05, 3.63) is 30.0 Å². The molecule has 1 aliphatic rings. The van der Waals surface area contributed by atoms with Crippen LogP contribution in [-0.2, 0) is 4.79 Å². The molecule has 4 N–H and O–H groups in total. The third-order valence-corrected chi connectivity index (χ3v) is 4.28. The summed E-state index contributed by atoms with van der Waals surface area (Å²) in [6, 6.07) is 7.45. The third kappa shape index (κ3) is 4.77. The van der Waals surface area contributed by atoms with Gasteiger partial charge in [0.05, 0.1) is 5.52 Å². The van der Waals surface area contributed by atoms with Crippen LogP contribution in [0.15, 0.2) is 24.3 Å². The average molecular weight is 344 g/mol. The fourth-order valence-electron chi connectivity index (χ4n) is 2.89. The summed E-state index contributed by atoms with van der Waals surface area (Å²) in [4.78, 5) is 26.4. The number of piperazine rings is 1. The quantitative estimate of drug-likeness (QED) is 0.553. The van der Waals surface area contributed by atoms with Gasteiger partial charge in [-0.25, -0.2) is 0 Å². The van der Waals surface area contributed by atoms with Crippen LogP contribution in [0.2, 0.25) is 0 Å². The Morgan fingerprint density at radius 1 is 1.12 bits per heavy atom. The lowest BCUT2D eigenvalue weighted by Gasteiger charge is -2.27. The molecule has 3 rings (SSSR count). The van der Waals surface area contributed by atoms with E-state index < -0.39 is 0 Å². The number of benzene rings is 1. The largest absolute Gasteiger partial charge is 0.355 e. The number of nitrogens with one attached hydrogen (secondary N) is 4. The molecule has 1 fully saturated rings. The average Bonchev–Trinajstić information content (AvgIpc) is 3.07. The monoisotopic (exact) mass is 344 g/mol. The van der Waals surface area contributed by atoms with Crippen molar-refractivity contribution in [1.29, 1.82) is 0 Å². The van der Waals surface area contributed by atoms with E-state index in [0.717, 1.165) is 43.6 Å². The Balaban J connectivity index is 1.35. The summed E-state index contributed by atoms with van der Waals surface area (Å²) in [5, 5.41) is 16.6. The maximum absolute atomic E-state index is 12.2. The number of carbonyl (C=O) groups excluding carboxylic acids is 2. The van der Waals surface area contributed by atoms with E-state index in [-0.39, 0.29) is 18.2 Å². The molecular weight excluding hydrogens is 320 g/mol. The van der Waals surface area contributed by atoms with Crippen molar-refractivity contribution in [2.75, 3.05) is 45.8 Å². The molecule has 134 valence electrons. The highest BCUT2D eigenvalue weighted by Gasteiger charge is 2.14. The van der Waals surface area contributed by atoms with E-state index in [1.54, 1.807) is 0 Å². The minimum atomic E-state index is -0.272. The Hall–Kier alpha value is -2.45. The van der Waals surface area contributed by atoms with E-state index in [1.165, 1.54) is 0 Å². The first kappa shape index (κ1) is 17.4. The zero-order chi connectivity index (χ0) is 17.5. The predicted octanol–water partition coefficient (Wildman–Crippen LogP) is -0.296. The first-order valence-electron chi connectivity index (χ1n) is 8.65. The first-order valence-corrected chi connectivity index (χ1v) is 8.65. The van der Waals surface area contributed by atoms with Gasteiger partial charge in [-0.05, 0) is 6.07 Å². The Morgan fingerprint density at radius 3 is 2.76 bits per heavy atom. The third-order valence-electron chi connectivity index (χ3n) is 4.28. The van der Waals surface area contributed by atoms with E-state index in [9.17, 15) is 9.59 Å². The molecule has 0 bridgehead atoms. The summed E-state index contributed by atoms with van der Waals surface area (Å²) in [6.45, 7) is 5.83. The lowest BCUT2D eigenvalue weighted by molar-refractivity contribution is -0.121. The van der Waals surface area contributed by atoms with E-state index in [4.69, 9.17) is 0 Å². The van der Waals surface area contributed by atoms with Gasteiger partial charge in [0.15, 0.2) is 5.69 Å². The van der Waals surface area contributed by atoms with Crippen LogP contribution in [0.1, 0.15) is 16.9 Å². The molecule has 1 aliphatic heterocycles. The highest BCUT2D eigenvalue weighted by Crippen LogP contribution is 2.14. The minimum absolute atomic E-state index is 0.0534. The fourth-order valence-corrected chi connectivity index (χ4v) is 2.89. The Bertz CT molecular complexity index is 723. The topological polar surface area (TPSA) is 102 Å². The van der Waals surface area contributed by atoms with Crippen LogP contribution < -0.4 is 16.0 Å². The molecule has 0 atom stereocenters. The molecule has 0 spiro atoms. The number of amides is 2. The molecule has 0 saturated carbocycles. The number of aromatic nitrogens is 2. The van der Waals surface area contributed by atoms with Crippen LogP contribution in [0.5, 0.6) is 0 Å². The Morgan fingerprint density at radius 2 is 1.92 bits per heavy atom. The summed E-state index contributed by atoms with van der Waals surface area (Å²) in [5.41, 5.74) is 1.17. The second kappa shape index (κ2) is 8.59. The van der Waals surface area contributed by atoms with Gasteiger partial charge in [-0.1, -0.05) is 18.2 Å². The van der Waals surface area contributed by atoms with Crippen molar-refractivity contribution >= 4 is 22.7 Å². The van der Waals surface area contributed by atoms with Gasteiger partial charge in [0.1, 0.15) is 0 Å². The van der Waals surface area contributed by atoms with Crippen molar-refractivity contribution in [2.45, 2.75) is 6.42 Å². The van der Waals surface area contributed by atoms with Crippen molar-refractivity contribution in [3.63, 3.8) is 0 Å². The molecule has 0 radical (unpaired) electrons. The highest BCUT2D eigenvalue weighted by atomic mass is 16.2. The van der Waals surface area contributed by atoms with Gasteiger partial charge in [0.2, 0.25) is 5.91 Å². The molecule has 8 nitrogen and oxygen atoms in total. The van der Waals surface area contributed by atoms with Gasteiger partial charge < -0.3 is 16.0 Å². The Labute approximate surface area is 146 Å². The fraction of sp³-hybridized carbons (Fsp3) is 0.471. The van der Waals surface area contributed by atoms with Crippen LogP contribution in [0, 0.1) is 0 Å². The maximum atomic E-state index is 12.2. The number of hydrogen-bond donors (Lipinski definition) is 4. The van der Waals surface area contributed by atoms with Gasteiger partial charge >= 0.3 is 0 Å². The summed E-state index contributed by atoms with van der Waals surface area (Å²) < 4.78 is 0. The number of H-pyrrole nitrogens is 1. The SMILES string of the molecule is O=C(CCNC(=O)c1n[nH]c2ccccc12)NCCN1CCNCC1. The van der Waals surface area contributed by atoms with Crippen molar-refractivity contribution in [2.24, 2.45) is 0 Å². The van der Waals surface area contributed by atoms with E-state index in [2.05, 4.69) is 31.0 Å². The maximum Gasteiger partial charge on any atom is 0.272 e. The van der Waals surface area contributed by atoms with Gasteiger partial charge in [-0.3, -0.25) is 19.6 Å². The zero-order valence-electron chi connectivity index (χ0n) is 14.2.